The quantitative estimate of drug-likeness (QED) is 0.553. The summed E-state index contributed by atoms with van der Waals surface area (Å²) in [6.45, 7) is 4.36. The van der Waals surface area contributed by atoms with Crippen LogP contribution in [-0.4, -0.2) is 5.11 Å². The van der Waals surface area contributed by atoms with Crippen molar-refractivity contribution in [3.05, 3.63) is 35.4 Å². The molecule has 0 spiro atoms. The number of aromatic hydroxyl groups is 1. The van der Waals surface area contributed by atoms with Gasteiger partial charge in [-0.15, -0.1) is 0 Å². The lowest BCUT2D eigenvalue weighted by Gasteiger charge is -2.07. The molecule has 1 aromatic rings. The van der Waals surface area contributed by atoms with Crippen molar-refractivity contribution >= 4 is 5.57 Å². The van der Waals surface area contributed by atoms with E-state index in [-0.39, 0.29) is 5.57 Å². The topological polar surface area (TPSA) is 20.2 Å². The van der Waals surface area contributed by atoms with Crippen LogP contribution >= 0.6 is 0 Å². The van der Waals surface area contributed by atoms with Gasteiger partial charge in [-0.05, 0) is 12.5 Å². The first-order valence-corrected chi connectivity index (χ1v) is 3.58. The highest BCUT2D eigenvalue weighted by Crippen LogP contribution is 2.31. The second-order valence-electron chi connectivity index (χ2n) is 2.76. The monoisotopic (exact) mass is 206 g/mol. The zero-order valence-corrected chi connectivity index (χ0v) is 7.17. The van der Waals surface area contributed by atoms with Crippen molar-refractivity contribution in [2.75, 3.05) is 0 Å². The molecule has 0 bridgehead atoms. The molecule has 0 saturated carbocycles. The van der Waals surface area contributed by atoms with E-state index < -0.39 is 34.6 Å². The van der Waals surface area contributed by atoms with Gasteiger partial charge in [0.05, 0.1) is 5.56 Å². The molecule has 0 saturated heterocycles. The van der Waals surface area contributed by atoms with Crippen molar-refractivity contribution in [1.29, 1.82) is 0 Å². The number of rotatable bonds is 1. The SMILES string of the molecule is C=C(C)c1c(F)c(F)c(O)c(F)c1F. The Hall–Kier alpha value is -1.52. The fourth-order valence-electron chi connectivity index (χ4n) is 0.995. The molecule has 1 rings (SSSR count). The third-order valence-electron chi connectivity index (χ3n) is 1.67. The van der Waals surface area contributed by atoms with Gasteiger partial charge in [-0.2, -0.15) is 8.78 Å². The molecule has 0 aliphatic carbocycles. The fourth-order valence-corrected chi connectivity index (χ4v) is 0.995. The fraction of sp³-hybridized carbons (Fsp3) is 0.111. The number of hydrogen-bond donors (Lipinski definition) is 1. The Kier molecular flexibility index (Phi) is 2.51. The molecule has 1 N–H and O–H groups in total. The summed E-state index contributed by atoms with van der Waals surface area (Å²) in [5.41, 5.74) is -1.06. The van der Waals surface area contributed by atoms with E-state index in [1.54, 1.807) is 0 Å². The zero-order chi connectivity index (χ0) is 11.0. The average molecular weight is 206 g/mol. The number of phenols is 1. The molecule has 76 valence electrons. The molecular formula is C9H6F4O. The van der Waals surface area contributed by atoms with E-state index in [0.29, 0.717) is 0 Å². The minimum Gasteiger partial charge on any atom is -0.503 e. The lowest BCUT2D eigenvalue weighted by molar-refractivity contribution is 0.355. The predicted molar refractivity (Wildman–Crippen MR) is 42.6 cm³/mol. The molecule has 14 heavy (non-hydrogen) atoms. The van der Waals surface area contributed by atoms with Gasteiger partial charge in [0.1, 0.15) is 0 Å². The summed E-state index contributed by atoms with van der Waals surface area (Å²) in [6, 6.07) is 0. The van der Waals surface area contributed by atoms with E-state index in [1.165, 1.54) is 6.92 Å². The van der Waals surface area contributed by atoms with Crippen LogP contribution in [0.2, 0.25) is 0 Å². The lowest BCUT2D eigenvalue weighted by atomic mass is 10.1. The van der Waals surface area contributed by atoms with Crippen molar-refractivity contribution < 1.29 is 22.7 Å². The third kappa shape index (κ3) is 1.34. The number of allylic oxidation sites excluding steroid dienone is 1. The highest BCUT2D eigenvalue weighted by molar-refractivity contribution is 5.63. The van der Waals surface area contributed by atoms with Crippen molar-refractivity contribution in [3.63, 3.8) is 0 Å². The normalized spacial score (nSPS) is 10.4. The lowest BCUT2D eigenvalue weighted by Crippen LogP contribution is -2.01. The smallest absolute Gasteiger partial charge is 0.204 e. The van der Waals surface area contributed by atoms with Crippen molar-refractivity contribution in [2.24, 2.45) is 0 Å². The standard InChI is InChI=1S/C9H6F4O/c1-3(2)4-5(10)7(12)9(14)8(13)6(4)11/h14H,1H2,2H3. The summed E-state index contributed by atoms with van der Waals surface area (Å²) >= 11 is 0. The number of phenolic OH excluding ortho intramolecular Hbond substituents is 1. The molecular weight excluding hydrogens is 200 g/mol. The van der Waals surface area contributed by atoms with E-state index >= 15 is 0 Å². The minimum atomic E-state index is -1.82. The van der Waals surface area contributed by atoms with E-state index in [0.717, 1.165) is 0 Å². The molecule has 0 aliphatic heterocycles. The van der Waals surface area contributed by atoms with Crippen molar-refractivity contribution in [2.45, 2.75) is 6.92 Å². The van der Waals surface area contributed by atoms with Crippen LogP contribution in [-0.2, 0) is 0 Å². The summed E-state index contributed by atoms with van der Waals surface area (Å²) in [6.07, 6.45) is 0. The van der Waals surface area contributed by atoms with Crippen molar-refractivity contribution in [1.82, 2.24) is 0 Å². The van der Waals surface area contributed by atoms with Gasteiger partial charge in [0.2, 0.25) is 11.6 Å². The van der Waals surface area contributed by atoms with Crippen LogP contribution in [0.5, 0.6) is 5.75 Å². The Balaban J connectivity index is 3.68. The van der Waals surface area contributed by atoms with Crippen LogP contribution in [0.1, 0.15) is 12.5 Å². The highest BCUT2D eigenvalue weighted by atomic mass is 19.2. The molecule has 5 heteroatoms. The molecule has 1 aromatic carbocycles. The average Bonchev–Trinajstić information content (AvgIpc) is 2.11. The van der Waals surface area contributed by atoms with Crippen LogP contribution < -0.4 is 0 Å². The molecule has 1 nitrogen and oxygen atoms in total. The molecule has 0 unspecified atom stereocenters. The summed E-state index contributed by atoms with van der Waals surface area (Å²) in [4.78, 5) is 0. The van der Waals surface area contributed by atoms with Gasteiger partial charge in [0.15, 0.2) is 17.4 Å². The summed E-state index contributed by atoms with van der Waals surface area (Å²) in [5, 5.41) is 8.61. The van der Waals surface area contributed by atoms with Gasteiger partial charge in [-0.1, -0.05) is 6.58 Å². The number of benzene rings is 1. The Bertz CT molecular complexity index is 383. The van der Waals surface area contributed by atoms with Crippen LogP contribution in [0.3, 0.4) is 0 Å². The van der Waals surface area contributed by atoms with Crippen LogP contribution in [0, 0.1) is 23.3 Å². The first-order chi connectivity index (χ1) is 6.37. The minimum absolute atomic E-state index is 0.169. The van der Waals surface area contributed by atoms with Gasteiger partial charge in [-0.25, -0.2) is 8.78 Å². The Morgan fingerprint density at radius 3 is 1.64 bits per heavy atom. The van der Waals surface area contributed by atoms with Gasteiger partial charge in [-0.3, -0.25) is 0 Å². The highest BCUT2D eigenvalue weighted by Gasteiger charge is 2.25. The third-order valence-corrected chi connectivity index (χ3v) is 1.67. The maximum atomic E-state index is 13.0. The maximum absolute atomic E-state index is 13.0. The van der Waals surface area contributed by atoms with E-state index in [1.807, 2.05) is 0 Å². The molecule has 0 fully saturated rings. The Morgan fingerprint density at radius 1 is 1.00 bits per heavy atom. The van der Waals surface area contributed by atoms with Gasteiger partial charge in [0.25, 0.3) is 0 Å². The second-order valence-corrected chi connectivity index (χ2v) is 2.76. The van der Waals surface area contributed by atoms with Crippen LogP contribution in [0.25, 0.3) is 5.57 Å². The molecule has 0 amide bonds. The largest absolute Gasteiger partial charge is 0.503 e. The number of hydrogen-bond acceptors (Lipinski definition) is 1. The molecule has 0 radical (unpaired) electrons. The van der Waals surface area contributed by atoms with Crippen LogP contribution in [0.4, 0.5) is 17.6 Å². The summed E-state index contributed by atoms with van der Waals surface area (Å²) < 4.78 is 51.3. The molecule has 0 heterocycles. The molecule has 0 aliphatic rings. The Morgan fingerprint density at radius 2 is 1.36 bits per heavy atom. The summed E-state index contributed by atoms with van der Waals surface area (Å²) in [7, 11) is 0. The van der Waals surface area contributed by atoms with Gasteiger partial charge in [0, 0.05) is 0 Å². The van der Waals surface area contributed by atoms with Crippen LogP contribution in [0.15, 0.2) is 6.58 Å². The van der Waals surface area contributed by atoms with E-state index in [4.69, 9.17) is 5.11 Å². The van der Waals surface area contributed by atoms with E-state index in [9.17, 15) is 17.6 Å². The van der Waals surface area contributed by atoms with E-state index in [2.05, 4.69) is 6.58 Å². The summed E-state index contributed by atoms with van der Waals surface area (Å²) in [5.74, 6) is -8.59. The van der Waals surface area contributed by atoms with Gasteiger partial charge >= 0.3 is 0 Å². The van der Waals surface area contributed by atoms with Gasteiger partial charge < -0.3 is 5.11 Å². The second kappa shape index (κ2) is 3.32. The maximum Gasteiger partial charge on any atom is 0.204 e. The van der Waals surface area contributed by atoms with Crippen molar-refractivity contribution in [3.8, 4) is 5.75 Å². The zero-order valence-electron chi connectivity index (χ0n) is 7.17. The number of halogens is 4. The first kappa shape index (κ1) is 10.6. The molecule has 0 atom stereocenters. The first-order valence-electron chi connectivity index (χ1n) is 3.58. The Labute approximate surface area is 77.3 Å². The molecule has 0 aromatic heterocycles. The predicted octanol–water partition coefficient (Wildman–Crippen LogP) is 2.98.